The van der Waals surface area contributed by atoms with Gasteiger partial charge in [-0.15, -0.1) is 0 Å². The molecule has 2 saturated heterocycles. The molecule has 0 bridgehead atoms. The Bertz CT molecular complexity index is 1280. The topological polar surface area (TPSA) is 99.3 Å². The van der Waals surface area contributed by atoms with Gasteiger partial charge in [0.15, 0.2) is 0 Å². The normalized spacial score (nSPS) is 20.3. The lowest BCUT2D eigenvalue weighted by Crippen LogP contribution is -2.57. The van der Waals surface area contributed by atoms with Crippen LogP contribution in [0.4, 0.5) is 0 Å². The molecule has 286 valence electrons. The SMILES string of the molecule is CCCCCCCCCC(OC(=O)[C@@H]1CCCN1C(=O)/C(C)=C/[C@H](C(C)C)N(C)C(=O)[C@@H](NC(=O)C1CCCCN1C)C(C)C)c1ccccc1. The fourth-order valence-corrected chi connectivity index (χ4v) is 7.56. The van der Waals surface area contributed by atoms with Gasteiger partial charge >= 0.3 is 5.97 Å². The van der Waals surface area contributed by atoms with Crippen molar-refractivity contribution in [3.63, 3.8) is 0 Å². The molecule has 0 aromatic heterocycles. The number of hydrogen-bond donors (Lipinski definition) is 1. The highest BCUT2D eigenvalue weighted by molar-refractivity contribution is 5.96. The van der Waals surface area contributed by atoms with Crippen molar-refractivity contribution >= 4 is 23.7 Å². The first-order chi connectivity index (χ1) is 24.4. The predicted molar refractivity (Wildman–Crippen MR) is 205 cm³/mol. The summed E-state index contributed by atoms with van der Waals surface area (Å²) in [5.41, 5.74) is 1.47. The summed E-state index contributed by atoms with van der Waals surface area (Å²) < 4.78 is 6.20. The largest absolute Gasteiger partial charge is 0.456 e. The summed E-state index contributed by atoms with van der Waals surface area (Å²) in [7, 11) is 3.71. The van der Waals surface area contributed by atoms with Crippen molar-refractivity contribution in [1.29, 1.82) is 0 Å². The lowest BCUT2D eigenvalue weighted by molar-refractivity contribution is -0.158. The number of likely N-dealkylation sites (tertiary alicyclic amines) is 2. The van der Waals surface area contributed by atoms with Crippen molar-refractivity contribution in [3.8, 4) is 0 Å². The van der Waals surface area contributed by atoms with Crippen molar-refractivity contribution in [3.05, 3.63) is 47.5 Å². The maximum Gasteiger partial charge on any atom is 0.329 e. The zero-order chi connectivity index (χ0) is 37.5. The maximum absolute atomic E-state index is 14.0. The van der Waals surface area contributed by atoms with Gasteiger partial charge in [-0.25, -0.2) is 4.79 Å². The van der Waals surface area contributed by atoms with Crippen LogP contribution in [0.2, 0.25) is 0 Å². The fraction of sp³-hybridized carbons (Fsp3) is 0.714. The molecule has 3 amide bonds. The predicted octanol–water partition coefficient (Wildman–Crippen LogP) is 7.46. The highest BCUT2D eigenvalue weighted by atomic mass is 16.5. The molecule has 9 nitrogen and oxygen atoms in total. The summed E-state index contributed by atoms with van der Waals surface area (Å²) in [5.74, 6) is -0.950. The van der Waals surface area contributed by atoms with Crippen LogP contribution in [-0.2, 0) is 23.9 Å². The maximum atomic E-state index is 14.0. The van der Waals surface area contributed by atoms with Gasteiger partial charge < -0.3 is 19.9 Å². The Labute approximate surface area is 308 Å². The van der Waals surface area contributed by atoms with Crippen LogP contribution in [0.25, 0.3) is 0 Å². The van der Waals surface area contributed by atoms with Crippen molar-refractivity contribution in [2.45, 2.75) is 155 Å². The van der Waals surface area contributed by atoms with E-state index in [0.29, 0.717) is 18.5 Å². The number of carbonyl (C=O) groups excluding carboxylic acids is 4. The summed E-state index contributed by atoms with van der Waals surface area (Å²) in [6.07, 6.45) is 14.7. The summed E-state index contributed by atoms with van der Waals surface area (Å²) in [6.45, 7) is 13.3. The number of rotatable bonds is 19. The van der Waals surface area contributed by atoms with Crippen LogP contribution in [-0.4, -0.2) is 89.7 Å². The number of nitrogens with zero attached hydrogens (tertiary/aromatic N) is 3. The number of unbranched alkanes of at least 4 members (excludes halogenated alkanes) is 6. The van der Waals surface area contributed by atoms with Gasteiger partial charge in [-0.3, -0.25) is 19.3 Å². The molecule has 2 unspecified atom stereocenters. The lowest BCUT2D eigenvalue weighted by Gasteiger charge is -2.36. The number of benzene rings is 1. The van der Waals surface area contributed by atoms with Crippen molar-refractivity contribution < 1.29 is 23.9 Å². The zero-order valence-electron chi connectivity index (χ0n) is 33.0. The molecule has 0 radical (unpaired) electrons. The second kappa shape index (κ2) is 21.4. The Morgan fingerprint density at radius 1 is 0.882 bits per heavy atom. The lowest BCUT2D eigenvalue weighted by atomic mass is 9.96. The molecule has 2 heterocycles. The molecule has 0 saturated carbocycles. The summed E-state index contributed by atoms with van der Waals surface area (Å²) >= 11 is 0. The first kappa shape index (κ1) is 42.2. The van der Waals surface area contributed by atoms with Gasteiger partial charge in [0.2, 0.25) is 17.7 Å². The molecule has 51 heavy (non-hydrogen) atoms. The molecule has 3 rings (SSSR count). The number of hydrogen-bond acceptors (Lipinski definition) is 6. The highest BCUT2D eigenvalue weighted by Crippen LogP contribution is 2.29. The molecule has 5 atom stereocenters. The number of nitrogens with one attached hydrogen (secondary N) is 1. The van der Waals surface area contributed by atoms with Gasteiger partial charge in [0.25, 0.3) is 0 Å². The Balaban J connectivity index is 1.69. The van der Waals surface area contributed by atoms with E-state index in [4.69, 9.17) is 4.74 Å². The summed E-state index contributed by atoms with van der Waals surface area (Å²) in [4.78, 5) is 60.3. The number of amides is 3. The standard InChI is InChI=1S/C42H68N4O5/c1-9-10-11-12-13-14-18-26-37(33-22-16-15-17-23-33)51-42(50)35-25-21-28-46(35)40(48)32(6)29-36(30(2)3)45(8)41(49)38(31(4)5)43-39(47)34-24-19-20-27-44(34)7/h15-17,22-23,29-31,34-38H,9-14,18-21,24-28H2,1-8H3,(H,43,47)/b32-29+/t34?,35-,36+,37?,38-/m0/s1. The van der Waals surface area contributed by atoms with E-state index < -0.39 is 12.1 Å². The Kier molecular flexibility index (Phi) is 17.7. The monoisotopic (exact) mass is 709 g/mol. The molecular weight excluding hydrogens is 640 g/mol. The van der Waals surface area contributed by atoms with E-state index in [1.54, 1.807) is 23.8 Å². The van der Waals surface area contributed by atoms with Gasteiger partial charge in [0.05, 0.1) is 12.1 Å². The third-order valence-electron chi connectivity index (χ3n) is 10.8. The number of likely N-dealkylation sites (N-methyl/N-ethyl adjacent to an activating group) is 2. The number of esters is 1. The first-order valence-electron chi connectivity index (χ1n) is 19.9. The van der Waals surface area contributed by atoms with Crippen molar-refractivity contribution in [1.82, 2.24) is 20.0 Å². The average molecular weight is 709 g/mol. The van der Waals surface area contributed by atoms with E-state index >= 15 is 0 Å². The molecule has 0 spiro atoms. The first-order valence-corrected chi connectivity index (χ1v) is 19.9. The Morgan fingerprint density at radius 2 is 1.53 bits per heavy atom. The molecular formula is C42H68N4O5. The minimum Gasteiger partial charge on any atom is -0.456 e. The minimum absolute atomic E-state index is 0.00677. The quantitative estimate of drug-likeness (QED) is 0.0911. The van der Waals surface area contributed by atoms with E-state index in [9.17, 15) is 19.2 Å². The van der Waals surface area contributed by atoms with Crippen LogP contribution in [0.1, 0.15) is 137 Å². The number of carbonyl (C=O) groups is 4. The summed E-state index contributed by atoms with van der Waals surface area (Å²) in [5, 5.41) is 3.06. The van der Waals surface area contributed by atoms with E-state index in [2.05, 4.69) is 17.1 Å². The molecule has 2 aliphatic heterocycles. The van der Waals surface area contributed by atoms with Crippen LogP contribution in [0, 0.1) is 11.8 Å². The molecule has 1 N–H and O–H groups in total. The van der Waals surface area contributed by atoms with Crippen LogP contribution < -0.4 is 5.32 Å². The van der Waals surface area contributed by atoms with Crippen LogP contribution in [0.5, 0.6) is 0 Å². The van der Waals surface area contributed by atoms with Crippen LogP contribution >= 0.6 is 0 Å². The smallest absolute Gasteiger partial charge is 0.329 e. The second-order valence-electron chi connectivity index (χ2n) is 15.7. The third kappa shape index (κ3) is 12.5. The Hall–Kier alpha value is -3.20. The minimum atomic E-state index is -0.681. The van der Waals surface area contributed by atoms with Gasteiger partial charge in [0.1, 0.15) is 18.2 Å². The van der Waals surface area contributed by atoms with Gasteiger partial charge in [-0.2, -0.15) is 0 Å². The zero-order valence-corrected chi connectivity index (χ0v) is 33.0. The number of ether oxygens (including phenoxy) is 1. The average Bonchev–Trinajstić information content (AvgIpc) is 3.61. The molecule has 1 aromatic carbocycles. The molecule has 2 fully saturated rings. The second-order valence-corrected chi connectivity index (χ2v) is 15.7. The van der Waals surface area contributed by atoms with Gasteiger partial charge in [-0.1, -0.05) is 116 Å². The number of piperidine rings is 1. The molecule has 2 aliphatic rings. The van der Waals surface area contributed by atoms with Crippen LogP contribution in [0.15, 0.2) is 42.0 Å². The summed E-state index contributed by atoms with van der Waals surface area (Å²) in [6, 6.07) is 8.00. The molecule has 1 aromatic rings. The molecule has 9 heteroatoms. The Morgan fingerprint density at radius 3 is 2.16 bits per heavy atom. The fourth-order valence-electron chi connectivity index (χ4n) is 7.56. The highest BCUT2D eigenvalue weighted by Gasteiger charge is 2.38. The van der Waals surface area contributed by atoms with Crippen molar-refractivity contribution in [2.24, 2.45) is 11.8 Å². The van der Waals surface area contributed by atoms with E-state index in [1.165, 1.54) is 32.1 Å². The van der Waals surface area contributed by atoms with E-state index in [-0.39, 0.29) is 53.7 Å². The van der Waals surface area contributed by atoms with E-state index in [0.717, 1.165) is 57.1 Å². The third-order valence-corrected chi connectivity index (χ3v) is 10.8. The van der Waals surface area contributed by atoms with Crippen molar-refractivity contribution in [2.75, 3.05) is 27.2 Å². The van der Waals surface area contributed by atoms with Gasteiger partial charge in [-0.05, 0) is 76.4 Å². The van der Waals surface area contributed by atoms with E-state index in [1.807, 2.05) is 71.2 Å². The van der Waals surface area contributed by atoms with Crippen LogP contribution in [0.3, 0.4) is 0 Å². The van der Waals surface area contributed by atoms with Gasteiger partial charge in [0, 0.05) is 19.2 Å². The molecule has 0 aliphatic carbocycles.